The van der Waals surface area contributed by atoms with Gasteiger partial charge in [0.15, 0.2) is 0 Å². The van der Waals surface area contributed by atoms with Crippen LogP contribution in [0.25, 0.3) is 0 Å². The van der Waals surface area contributed by atoms with E-state index in [1.54, 1.807) is 36.4 Å². The second-order valence-corrected chi connectivity index (χ2v) is 8.96. The predicted octanol–water partition coefficient (Wildman–Crippen LogP) is 4.42. The maximum absolute atomic E-state index is 12.5. The Morgan fingerprint density at radius 1 is 0.923 bits per heavy atom. The Bertz CT molecular complexity index is 849. The Morgan fingerprint density at radius 2 is 1.46 bits per heavy atom. The molecule has 26 heavy (non-hydrogen) atoms. The highest BCUT2D eigenvalue weighted by molar-refractivity contribution is 7.92. The normalized spacial score (nSPS) is 11.8. The number of hydrogen-bond acceptors (Lipinski definition) is 3. The van der Waals surface area contributed by atoms with Crippen molar-refractivity contribution >= 4 is 27.3 Å². The second kappa shape index (κ2) is 7.91. The topological polar surface area (TPSA) is 75.3 Å². The molecule has 140 valence electrons. The van der Waals surface area contributed by atoms with Gasteiger partial charge in [-0.05, 0) is 48.4 Å². The van der Waals surface area contributed by atoms with E-state index >= 15 is 0 Å². The summed E-state index contributed by atoms with van der Waals surface area (Å²) in [4.78, 5) is 12.2. The van der Waals surface area contributed by atoms with Crippen LogP contribution in [0.15, 0.2) is 53.4 Å². The molecular weight excluding hydrogens is 348 g/mol. The van der Waals surface area contributed by atoms with Gasteiger partial charge in [0.1, 0.15) is 0 Å². The lowest BCUT2D eigenvalue weighted by molar-refractivity contribution is -0.123. The number of aryl methyl sites for hydroxylation is 1. The number of carbonyl (C=O) groups is 1. The Kier molecular flexibility index (Phi) is 6.08. The number of nitrogens with one attached hydrogen (secondary N) is 2. The maximum atomic E-state index is 12.5. The first kappa shape index (κ1) is 20.0. The highest BCUT2D eigenvalue weighted by Gasteiger charge is 2.21. The number of benzene rings is 2. The molecule has 0 aliphatic heterocycles. The molecular formula is C20H26N2O3S. The van der Waals surface area contributed by atoms with Gasteiger partial charge in [0.2, 0.25) is 5.91 Å². The minimum absolute atomic E-state index is 0.0991. The zero-order chi connectivity index (χ0) is 19.4. The van der Waals surface area contributed by atoms with Crippen LogP contribution in [0.2, 0.25) is 0 Å². The van der Waals surface area contributed by atoms with Crippen LogP contribution in [0.4, 0.5) is 11.4 Å². The van der Waals surface area contributed by atoms with E-state index in [0.717, 1.165) is 18.4 Å². The highest BCUT2D eigenvalue weighted by Crippen LogP contribution is 2.21. The van der Waals surface area contributed by atoms with Crippen molar-refractivity contribution in [1.82, 2.24) is 0 Å². The zero-order valence-corrected chi connectivity index (χ0v) is 16.5. The van der Waals surface area contributed by atoms with Crippen LogP contribution in [0.5, 0.6) is 0 Å². The molecule has 2 aromatic carbocycles. The lowest BCUT2D eigenvalue weighted by Crippen LogP contribution is -2.27. The van der Waals surface area contributed by atoms with Crippen LogP contribution in [0.1, 0.15) is 39.7 Å². The van der Waals surface area contributed by atoms with Gasteiger partial charge in [-0.3, -0.25) is 9.52 Å². The van der Waals surface area contributed by atoms with Crippen molar-refractivity contribution in [3.05, 3.63) is 54.1 Å². The number of carbonyl (C=O) groups excluding carboxylic acids is 1. The largest absolute Gasteiger partial charge is 0.326 e. The van der Waals surface area contributed by atoms with E-state index < -0.39 is 15.4 Å². The summed E-state index contributed by atoms with van der Waals surface area (Å²) in [7, 11) is -3.64. The summed E-state index contributed by atoms with van der Waals surface area (Å²) >= 11 is 0. The molecule has 0 unspecified atom stereocenters. The summed E-state index contributed by atoms with van der Waals surface area (Å²) in [5.41, 5.74) is 1.68. The van der Waals surface area contributed by atoms with Crippen molar-refractivity contribution in [2.24, 2.45) is 5.41 Å². The van der Waals surface area contributed by atoms with Crippen molar-refractivity contribution in [3.8, 4) is 0 Å². The van der Waals surface area contributed by atoms with Crippen molar-refractivity contribution in [3.63, 3.8) is 0 Å². The molecule has 0 aromatic heterocycles. The zero-order valence-electron chi connectivity index (χ0n) is 15.7. The Hall–Kier alpha value is -2.34. The van der Waals surface area contributed by atoms with Crippen molar-refractivity contribution in [2.45, 2.75) is 45.4 Å². The molecule has 0 heterocycles. The van der Waals surface area contributed by atoms with Crippen LogP contribution in [-0.4, -0.2) is 14.3 Å². The maximum Gasteiger partial charge on any atom is 0.261 e. The molecule has 2 aromatic rings. The smallest absolute Gasteiger partial charge is 0.261 e. The van der Waals surface area contributed by atoms with Crippen LogP contribution in [0.3, 0.4) is 0 Å². The van der Waals surface area contributed by atoms with E-state index in [-0.39, 0.29) is 10.8 Å². The van der Waals surface area contributed by atoms with Gasteiger partial charge < -0.3 is 5.32 Å². The van der Waals surface area contributed by atoms with E-state index in [4.69, 9.17) is 0 Å². The van der Waals surface area contributed by atoms with E-state index in [9.17, 15) is 13.2 Å². The van der Waals surface area contributed by atoms with Gasteiger partial charge in [-0.2, -0.15) is 0 Å². The summed E-state index contributed by atoms with van der Waals surface area (Å²) in [6.45, 7) is 7.57. The molecule has 0 spiro atoms. The lowest BCUT2D eigenvalue weighted by atomic mass is 9.95. The minimum atomic E-state index is -3.64. The molecule has 2 N–H and O–H groups in total. The SMILES string of the molecule is CCCc1ccc(S(=O)(=O)Nc2ccc(NC(=O)C(C)(C)C)cc2)cc1. The molecule has 0 saturated carbocycles. The molecule has 0 bridgehead atoms. The molecule has 0 saturated heterocycles. The third-order valence-corrected chi connectivity index (χ3v) is 5.25. The predicted molar refractivity (Wildman–Crippen MR) is 106 cm³/mol. The molecule has 0 radical (unpaired) electrons. The number of amides is 1. The van der Waals surface area contributed by atoms with Crippen LogP contribution in [-0.2, 0) is 21.2 Å². The fraction of sp³-hybridized carbons (Fsp3) is 0.350. The van der Waals surface area contributed by atoms with E-state index in [0.29, 0.717) is 11.4 Å². The molecule has 0 fully saturated rings. The number of anilines is 2. The Morgan fingerprint density at radius 3 is 1.96 bits per heavy atom. The van der Waals surface area contributed by atoms with Crippen LogP contribution in [0, 0.1) is 5.41 Å². The van der Waals surface area contributed by atoms with Gasteiger partial charge in [0.05, 0.1) is 4.90 Å². The average Bonchev–Trinajstić information content (AvgIpc) is 2.56. The highest BCUT2D eigenvalue weighted by atomic mass is 32.2. The van der Waals surface area contributed by atoms with Gasteiger partial charge in [-0.15, -0.1) is 0 Å². The summed E-state index contributed by atoms with van der Waals surface area (Å²) in [6.07, 6.45) is 1.94. The average molecular weight is 375 g/mol. The molecule has 0 aliphatic carbocycles. The molecule has 0 aliphatic rings. The van der Waals surface area contributed by atoms with Crippen molar-refractivity contribution in [2.75, 3.05) is 10.0 Å². The fourth-order valence-electron chi connectivity index (χ4n) is 2.28. The first-order valence-corrected chi connectivity index (χ1v) is 10.1. The quantitative estimate of drug-likeness (QED) is 0.786. The number of rotatable bonds is 6. The molecule has 0 atom stereocenters. The third-order valence-electron chi connectivity index (χ3n) is 3.85. The Balaban J connectivity index is 2.08. The number of hydrogen-bond donors (Lipinski definition) is 2. The first-order chi connectivity index (χ1) is 12.1. The Labute approximate surface area is 155 Å². The summed E-state index contributed by atoms with van der Waals surface area (Å²) in [5.74, 6) is -0.0991. The minimum Gasteiger partial charge on any atom is -0.326 e. The standard InChI is InChI=1S/C20H26N2O3S/c1-5-6-15-7-13-18(14-8-15)26(24,25)22-17-11-9-16(10-12-17)21-19(23)20(2,3)4/h7-14,22H,5-6H2,1-4H3,(H,21,23). The van der Waals surface area contributed by atoms with Crippen molar-refractivity contribution in [1.29, 1.82) is 0 Å². The summed E-state index contributed by atoms with van der Waals surface area (Å²) < 4.78 is 27.5. The van der Waals surface area contributed by atoms with E-state index in [1.807, 2.05) is 32.9 Å². The van der Waals surface area contributed by atoms with Gasteiger partial charge in [-0.25, -0.2) is 8.42 Å². The molecule has 1 amide bonds. The fourth-order valence-corrected chi connectivity index (χ4v) is 3.34. The van der Waals surface area contributed by atoms with Gasteiger partial charge >= 0.3 is 0 Å². The van der Waals surface area contributed by atoms with E-state index in [2.05, 4.69) is 17.0 Å². The van der Waals surface area contributed by atoms with Crippen LogP contribution >= 0.6 is 0 Å². The van der Waals surface area contributed by atoms with Gasteiger partial charge in [-0.1, -0.05) is 46.2 Å². The second-order valence-electron chi connectivity index (χ2n) is 7.28. The summed E-state index contributed by atoms with van der Waals surface area (Å²) in [5, 5.41) is 2.81. The van der Waals surface area contributed by atoms with Crippen LogP contribution < -0.4 is 10.0 Å². The summed E-state index contributed by atoms with van der Waals surface area (Å²) in [6, 6.07) is 13.5. The van der Waals surface area contributed by atoms with Gasteiger partial charge in [0.25, 0.3) is 10.0 Å². The molecule has 2 rings (SSSR count). The third kappa shape index (κ3) is 5.33. The van der Waals surface area contributed by atoms with Crippen molar-refractivity contribution < 1.29 is 13.2 Å². The number of sulfonamides is 1. The monoisotopic (exact) mass is 374 g/mol. The first-order valence-electron chi connectivity index (χ1n) is 8.65. The van der Waals surface area contributed by atoms with Gasteiger partial charge in [0, 0.05) is 16.8 Å². The van der Waals surface area contributed by atoms with E-state index in [1.165, 1.54) is 0 Å². The lowest BCUT2D eigenvalue weighted by Gasteiger charge is -2.17. The molecule has 6 heteroatoms. The molecule has 5 nitrogen and oxygen atoms in total.